The number of ether oxygens (including phenoxy) is 2. The molecule has 2 N–H and O–H groups in total. The number of thioether (sulfide) groups is 1. The van der Waals surface area contributed by atoms with Crippen molar-refractivity contribution >= 4 is 69.1 Å². The highest BCUT2D eigenvalue weighted by molar-refractivity contribution is 14.1. The Morgan fingerprint density at radius 1 is 1.21 bits per heavy atom. The van der Waals surface area contributed by atoms with Crippen molar-refractivity contribution in [3.63, 3.8) is 0 Å². The number of hydrogen-bond acceptors (Lipinski definition) is 7. The zero-order valence-electron chi connectivity index (χ0n) is 17.6. The van der Waals surface area contributed by atoms with Crippen LogP contribution in [0.2, 0.25) is 0 Å². The first-order valence-corrected chi connectivity index (χ1v) is 11.5. The van der Waals surface area contributed by atoms with Crippen LogP contribution >= 0.6 is 34.4 Å². The molecule has 0 unspecified atom stereocenters. The van der Waals surface area contributed by atoms with Crippen molar-refractivity contribution in [3.05, 3.63) is 56.0 Å². The monoisotopic (exact) mass is 582 g/mol. The summed E-state index contributed by atoms with van der Waals surface area (Å²) in [5.74, 6) is -1.72. The number of benzene rings is 2. The Labute approximate surface area is 207 Å². The molecular weight excluding hydrogens is 563 g/mol. The van der Waals surface area contributed by atoms with E-state index in [-0.39, 0.29) is 11.5 Å². The van der Waals surface area contributed by atoms with Crippen molar-refractivity contribution < 1.29 is 34.1 Å². The molecule has 0 radical (unpaired) electrons. The number of halogens is 1. The highest BCUT2D eigenvalue weighted by Crippen LogP contribution is 2.37. The number of likely N-dealkylation sites (N-methyl/N-ethyl adjacent to an activating group) is 1. The lowest BCUT2D eigenvalue weighted by atomic mass is 10.2. The summed E-state index contributed by atoms with van der Waals surface area (Å²) < 4.78 is 11.6. The molecule has 2 aromatic carbocycles. The van der Waals surface area contributed by atoms with Crippen LogP contribution in [0.3, 0.4) is 0 Å². The summed E-state index contributed by atoms with van der Waals surface area (Å²) >= 11 is 3.18. The van der Waals surface area contributed by atoms with Crippen LogP contribution < -0.4 is 9.47 Å². The summed E-state index contributed by atoms with van der Waals surface area (Å²) in [5.41, 5.74) is 1.20. The minimum atomic E-state index is -1.10. The van der Waals surface area contributed by atoms with Crippen LogP contribution in [0.25, 0.3) is 6.08 Å². The van der Waals surface area contributed by atoms with E-state index in [0.29, 0.717) is 43.0 Å². The molecule has 0 saturated carbocycles. The van der Waals surface area contributed by atoms with Crippen molar-refractivity contribution in [2.24, 2.45) is 4.99 Å². The SMILES string of the molecule is CCOc1cc(/C=C2/SC(=Nc3cccc(C(=O)O)c3)N(C)C2=O)cc(I)c1OCC(=O)O. The largest absolute Gasteiger partial charge is 0.490 e. The number of carbonyl (C=O) groups is 3. The van der Waals surface area contributed by atoms with Crippen molar-refractivity contribution in [1.29, 1.82) is 0 Å². The lowest BCUT2D eigenvalue weighted by Crippen LogP contribution is -2.23. The number of rotatable bonds is 8. The normalized spacial score (nSPS) is 15.8. The number of amides is 1. The summed E-state index contributed by atoms with van der Waals surface area (Å²) in [5, 5.41) is 18.5. The number of aliphatic carboxylic acids is 1. The smallest absolute Gasteiger partial charge is 0.341 e. The number of carboxylic acids is 2. The highest BCUT2D eigenvalue weighted by atomic mass is 127. The number of carboxylic acid groups (broad SMARTS) is 2. The van der Waals surface area contributed by atoms with E-state index in [4.69, 9.17) is 19.7 Å². The molecule has 0 aromatic heterocycles. The maximum atomic E-state index is 12.8. The van der Waals surface area contributed by atoms with Crippen LogP contribution in [0.1, 0.15) is 22.8 Å². The number of nitrogens with zero attached hydrogens (tertiary/aromatic N) is 2. The van der Waals surface area contributed by atoms with Gasteiger partial charge in [-0.15, -0.1) is 0 Å². The van der Waals surface area contributed by atoms with E-state index in [0.717, 1.165) is 11.8 Å². The zero-order chi connectivity index (χ0) is 24.1. The third-order valence-corrected chi connectivity index (χ3v) is 6.15. The number of hydrogen-bond donors (Lipinski definition) is 2. The van der Waals surface area contributed by atoms with Gasteiger partial charge in [0.15, 0.2) is 23.3 Å². The van der Waals surface area contributed by atoms with E-state index in [1.54, 1.807) is 44.3 Å². The van der Waals surface area contributed by atoms with E-state index in [2.05, 4.69) is 4.99 Å². The Morgan fingerprint density at radius 2 is 1.97 bits per heavy atom. The molecule has 2 aromatic rings. The molecule has 0 spiro atoms. The van der Waals surface area contributed by atoms with Gasteiger partial charge in [0.05, 0.1) is 26.3 Å². The van der Waals surface area contributed by atoms with Crippen LogP contribution in [0.15, 0.2) is 46.3 Å². The number of aliphatic imine (C=N–C) groups is 1. The number of amidine groups is 1. The minimum Gasteiger partial charge on any atom is -0.490 e. The average Bonchev–Trinajstić information content (AvgIpc) is 3.01. The van der Waals surface area contributed by atoms with Gasteiger partial charge in [0.2, 0.25) is 0 Å². The molecule has 33 heavy (non-hydrogen) atoms. The number of aromatic carboxylic acids is 1. The topological polar surface area (TPSA) is 126 Å². The molecule has 1 aliphatic heterocycles. The summed E-state index contributed by atoms with van der Waals surface area (Å²) in [7, 11) is 1.59. The van der Waals surface area contributed by atoms with Gasteiger partial charge in [-0.2, -0.15) is 0 Å². The maximum Gasteiger partial charge on any atom is 0.341 e. The minimum absolute atomic E-state index is 0.104. The van der Waals surface area contributed by atoms with E-state index >= 15 is 0 Å². The summed E-state index contributed by atoms with van der Waals surface area (Å²) in [6.45, 7) is 1.65. The van der Waals surface area contributed by atoms with Gasteiger partial charge in [0.25, 0.3) is 5.91 Å². The average molecular weight is 582 g/mol. The van der Waals surface area contributed by atoms with E-state index < -0.39 is 18.5 Å². The second-order valence-electron chi connectivity index (χ2n) is 6.67. The predicted molar refractivity (Wildman–Crippen MR) is 132 cm³/mol. The molecule has 9 nitrogen and oxygen atoms in total. The van der Waals surface area contributed by atoms with Gasteiger partial charge in [-0.05, 0) is 83.2 Å². The van der Waals surface area contributed by atoms with Gasteiger partial charge >= 0.3 is 11.9 Å². The first-order valence-electron chi connectivity index (χ1n) is 9.60. The van der Waals surface area contributed by atoms with Gasteiger partial charge in [0, 0.05) is 7.05 Å². The maximum absolute atomic E-state index is 12.8. The molecule has 11 heteroatoms. The van der Waals surface area contributed by atoms with Crippen LogP contribution in [0.5, 0.6) is 11.5 Å². The fourth-order valence-electron chi connectivity index (χ4n) is 2.83. The van der Waals surface area contributed by atoms with Crippen LogP contribution in [0.4, 0.5) is 5.69 Å². The first-order chi connectivity index (χ1) is 15.7. The molecule has 3 rings (SSSR count). The third kappa shape index (κ3) is 6.05. The number of carbonyl (C=O) groups excluding carboxylic acids is 1. The summed E-state index contributed by atoms with van der Waals surface area (Å²) in [4.78, 5) is 41.1. The molecule has 0 aliphatic carbocycles. The predicted octanol–water partition coefficient (Wildman–Crippen LogP) is 4.09. The van der Waals surface area contributed by atoms with Crippen LogP contribution in [0, 0.1) is 3.57 Å². The van der Waals surface area contributed by atoms with Gasteiger partial charge in [-0.1, -0.05) is 6.07 Å². The molecule has 1 saturated heterocycles. The second kappa shape index (κ2) is 10.7. The Kier molecular flexibility index (Phi) is 7.97. The molecule has 1 fully saturated rings. The standard InChI is InChI=1S/C22H19IN2O7S/c1-3-31-16-8-12(7-15(23)19(16)32-11-18(26)27)9-17-20(28)25(2)22(33-17)24-14-6-4-5-13(10-14)21(29)30/h4-10H,3,11H2,1-2H3,(H,26,27)(H,29,30)/b17-9+,24-22?. The Balaban J connectivity index is 1.91. The van der Waals surface area contributed by atoms with Gasteiger partial charge in [-0.25, -0.2) is 14.6 Å². The highest BCUT2D eigenvalue weighted by Gasteiger charge is 2.30. The van der Waals surface area contributed by atoms with Crippen LogP contribution in [-0.2, 0) is 9.59 Å². The van der Waals surface area contributed by atoms with Crippen molar-refractivity contribution in [1.82, 2.24) is 4.90 Å². The Bertz CT molecular complexity index is 1180. The molecule has 0 bridgehead atoms. The fourth-order valence-corrected chi connectivity index (χ4v) is 4.60. The first kappa shape index (κ1) is 24.6. The third-order valence-electron chi connectivity index (χ3n) is 4.29. The zero-order valence-corrected chi connectivity index (χ0v) is 20.5. The molecular formula is C22H19IN2O7S. The van der Waals surface area contributed by atoms with Crippen molar-refractivity contribution in [2.45, 2.75) is 6.92 Å². The van der Waals surface area contributed by atoms with Crippen LogP contribution in [-0.4, -0.2) is 58.4 Å². The molecule has 1 heterocycles. The van der Waals surface area contributed by atoms with Crippen molar-refractivity contribution in [3.8, 4) is 11.5 Å². The van der Waals surface area contributed by atoms with Gasteiger partial charge in [-0.3, -0.25) is 9.69 Å². The quantitative estimate of drug-likeness (QED) is 0.353. The van der Waals surface area contributed by atoms with Gasteiger partial charge < -0.3 is 19.7 Å². The van der Waals surface area contributed by atoms with E-state index in [1.165, 1.54) is 17.0 Å². The molecule has 1 aliphatic rings. The molecule has 172 valence electrons. The fraction of sp³-hybridized carbons (Fsp3) is 0.182. The summed E-state index contributed by atoms with van der Waals surface area (Å²) in [6.07, 6.45) is 1.69. The lowest BCUT2D eigenvalue weighted by Gasteiger charge is -2.13. The molecule has 1 amide bonds. The van der Waals surface area contributed by atoms with E-state index in [1.807, 2.05) is 22.6 Å². The van der Waals surface area contributed by atoms with Gasteiger partial charge in [0.1, 0.15) is 0 Å². The summed E-state index contributed by atoms with van der Waals surface area (Å²) in [6, 6.07) is 9.58. The second-order valence-corrected chi connectivity index (χ2v) is 8.84. The molecule has 0 atom stereocenters. The lowest BCUT2D eigenvalue weighted by molar-refractivity contribution is -0.139. The Hall–Kier alpha value is -3.06. The Morgan fingerprint density at radius 3 is 2.64 bits per heavy atom. The van der Waals surface area contributed by atoms with E-state index in [9.17, 15) is 14.4 Å². The van der Waals surface area contributed by atoms with Crippen molar-refractivity contribution in [2.75, 3.05) is 20.3 Å².